The van der Waals surface area contributed by atoms with Crippen LogP contribution in [0, 0.1) is 6.92 Å². The summed E-state index contributed by atoms with van der Waals surface area (Å²) in [5.41, 5.74) is -5.11. The molecular formula is C15H10Cl2F3NO3S. The van der Waals surface area contributed by atoms with Crippen LogP contribution in [-0.4, -0.2) is 19.8 Å². The minimum Gasteiger partial charge on any atom is -0.322 e. The highest BCUT2D eigenvalue weighted by atomic mass is 35.5. The Balaban J connectivity index is 2.40. The van der Waals surface area contributed by atoms with Gasteiger partial charge >= 0.3 is 5.51 Å². The molecule has 2 rings (SSSR count). The highest BCUT2D eigenvalue weighted by Crippen LogP contribution is 2.32. The Hall–Kier alpha value is -1.77. The predicted molar refractivity (Wildman–Crippen MR) is 88.8 cm³/mol. The van der Waals surface area contributed by atoms with Crippen LogP contribution in [0.3, 0.4) is 0 Å². The van der Waals surface area contributed by atoms with Gasteiger partial charge in [0.25, 0.3) is 15.7 Å². The number of aryl methyl sites for hydroxylation is 1. The van der Waals surface area contributed by atoms with Crippen LogP contribution in [0.5, 0.6) is 0 Å². The van der Waals surface area contributed by atoms with Gasteiger partial charge in [0.05, 0.1) is 15.5 Å². The van der Waals surface area contributed by atoms with Gasteiger partial charge in [-0.3, -0.25) is 4.79 Å². The Bertz CT molecular complexity index is 944. The molecule has 0 bridgehead atoms. The molecule has 0 aliphatic carbocycles. The first-order valence-corrected chi connectivity index (χ1v) is 8.86. The number of hydrogen-bond donors (Lipinski definition) is 1. The van der Waals surface area contributed by atoms with Crippen LogP contribution in [-0.2, 0) is 9.84 Å². The zero-order valence-corrected chi connectivity index (χ0v) is 14.8. The molecule has 0 unspecified atom stereocenters. The molecule has 134 valence electrons. The topological polar surface area (TPSA) is 63.2 Å². The molecule has 0 aliphatic heterocycles. The minimum atomic E-state index is -5.52. The van der Waals surface area contributed by atoms with Crippen molar-refractivity contribution < 1.29 is 26.4 Å². The molecule has 2 aromatic carbocycles. The van der Waals surface area contributed by atoms with Gasteiger partial charge in [-0.05, 0) is 42.8 Å². The molecule has 1 N–H and O–H groups in total. The van der Waals surface area contributed by atoms with E-state index in [1.807, 2.05) is 0 Å². The van der Waals surface area contributed by atoms with Crippen LogP contribution in [0.4, 0.5) is 18.9 Å². The number of nitrogens with one attached hydrogen (secondary N) is 1. The molecule has 0 fully saturated rings. The van der Waals surface area contributed by atoms with Gasteiger partial charge in [0.15, 0.2) is 0 Å². The Morgan fingerprint density at radius 2 is 1.72 bits per heavy atom. The Kier molecular flexibility index (Phi) is 5.36. The zero-order valence-electron chi connectivity index (χ0n) is 12.5. The van der Waals surface area contributed by atoms with E-state index in [1.165, 1.54) is 25.1 Å². The van der Waals surface area contributed by atoms with Gasteiger partial charge < -0.3 is 5.32 Å². The van der Waals surface area contributed by atoms with Crippen molar-refractivity contribution in [1.29, 1.82) is 0 Å². The second-order valence-electron chi connectivity index (χ2n) is 5.00. The molecule has 1 amide bonds. The average Bonchev–Trinajstić information content (AvgIpc) is 2.47. The molecule has 0 radical (unpaired) electrons. The zero-order chi connectivity index (χ0) is 19.0. The summed E-state index contributed by atoms with van der Waals surface area (Å²) in [6.45, 7) is 1.50. The van der Waals surface area contributed by atoms with E-state index in [4.69, 9.17) is 23.2 Å². The lowest BCUT2D eigenvalue weighted by molar-refractivity contribution is -0.0436. The van der Waals surface area contributed by atoms with Crippen molar-refractivity contribution in [3.8, 4) is 0 Å². The molecule has 0 saturated heterocycles. The van der Waals surface area contributed by atoms with Crippen molar-refractivity contribution in [2.45, 2.75) is 17.3 Å². The smallest absolute Gasteiger partial charge is 0.322 e. The summed E-state index contributed by atoms with van der Waals surface area (Å²) in [4.78, 5) is 11.3. The van der Waals surface area contributed by atoms with Gasteiger partial charge in [-0.1, -0.05) is 29.3 Å². The maximum absolute atomic E-state index is 12.7. The molecule has 0 saturated carbocycles. The number of rotatable bonds is 3. The Morgan fingerprint density at radius 3 is 2.28 bits per heavy atom. The minimum absolute atomic E-state index is 0.0366. The fourth-order valence-corrected chi connectivity index (χ4v) is 3.18. The van der Waals surface area contributed by atoms with Gasteiger partial charge in [0.1, 0.15) is 0 Å². The van der Waals surface area contributed by atoms with Crippen molar-refractivity contribution in [1.82, 2.24) is 0 Å². The predicted octanol–water partition coefficient (Wildman–Crippen LogP) is 4.85. The highest BCUT2D eigenvalue weighted by molar-refractivity contribution is 7.92. The number of sulfone groups is 1. The Morgan fingerprint density at radius 1 is 1.08 bits per heavy atom. The van der Waals surface area contributed by atoms with Gasteiger partial charge in [-0.25, -0.2) is 8.42 Å². The fraction of sp³-hybridized carbons (Fsp3) is 0.133. The van der Waals surface area contributed by atoms with E-state index in [2.05, 4.69) is 5.32 Å². The van der Waals surface area contributed by atoms with E-state index in [1.54, 1.807) is 0 Å². The lowest BCUT2D eigenvalue weighted by Gasteiger charge is -2.13. The number of carbonyl (C=O) groups is 1. The molecular weight excluding hydrogens is 402 g/mol. The van der Waals surface area contributed by atoms with E-state index in [9.17, 15) is 26.4 Å². The number of halogens is 5. The SMILES string of the molecule is Cc1ccc(S(=O)(=O)C(F)(F)F)cc1NC(=O)c1ccc(Cl)cc1Cl. The quantitative estimate of drug-likeness (QED) is 0.784. The number of amides is 1. The number of alkyl halides is 3. The third kappa shape index (κ3) is 4.08. The molecule has 0 heterocycles. The second kappa shape index (κ2) is 6.86. The first-order chi connectivity index (χ1) is 11.4. The van der Waals surface area contributed by atoms with Crippen LogP contribution < -0.4 is 5.32 Å². The van der Waals surface area contributed by atoms with Crippen LogP contribution in [0.2, 0.25) is 10.0 Å². The molecule has 10 heteroatoms. The summed E-state index contributed by atoms with van der Waals surface area (Å²) in [6.07, 6.45) is 0. The molecule has 2 aromatic rings. The summed E-state index contributed by atoms with van der Waals surface area (Å²) in [5.74, 6) is -0.716. The summed E-state index contributed by atoms with van der Waals surface area (Å²) >= 11 is 11.6. The lowest BCUT2D eigenvalue weighted by Crippen LogP contribution is -2.23. The third-order valence-corrected chi connectivity index (χ3v) is 5.28. The first kappa shape index (κ1) is 19.6. The standard InChI is InChI=1S/C15H10Cl2F3NO3S/c1-8-2-4-10(25(23,24)15(18,19)20)7-13(8)21-14(22)11-5-3-9(16)6-12(11)17/h2-7H,1H3,(H,21,22). The second-order valence-corrected chi connectivity index (χ2v) is 7.79. The van der Waals surface area contributed by atoms with Crippen molar-refractivity contribution in [3.05, 3.63) is 57.6 Å². The lowest BCUT2D eigenvalue weighted by atomic mass is 10.1. The third-order valence-electron chi connectivity index (χ3n) is 3.25. The molecule has 0 aliphatic rings. The van der Waals surface area contributed by atoms with Crippen LogP contribution in [0.1, 0.15) is 15.9 Å². The van der Waals surface area contributed by atoms with Crippen LogP contribution in [0.15, 0.2) is 41.3 Å². The number of anilines is 1. The molecule has 0 spiro atoms. The first-order valence-electron chi connectivity index (χ1n) is 6.62. The molecule has 0 aromatic heterocycles. The van der Waals surface area contributed by atoms with Crippen molar-refractivity contribution >= 4 is 44.6 Å². The number of benzene rings is 2. The normalized spacial score (nSPS) is 12.1. The summed E-state index contributed by atoms with van der Waals surface area (Å²) in [6, 6.07) is 6.82. The average molecular weight is 412 g/mol. The number of hydrogen-bond acceptors (Lipinski definition) is 3. The van der Waals surface area contributed by atoms with Crippen molar-refractivity contribution in [2.24, 2.45) is 0 Å². The summed E-state index contributed by atoms with van der Waals surface area (Å²) in [7, 11) is -5.52. The Labute approximate surface area is 151 Å². The van der Waals surface area contributed by atoms with E-state index in [0.717, 1.165) is 18.2 Å². The van der Waals surface area contributed by atoms with E-state index in [-0.39, 0.29) is 16.3 Å². The van der Waals surface area contributed by atoms with Gasteiger partial charge in [-0.15, -0.1) is 0 Å². The molecule has 25 heavy (non-hydrogen) atoms. The largest absolute Gasteiger partial charge is 0.501 e. The van der Waals surface area contributed by atoms with E-state index >= 15 is 0 Å². The van der Waals surface area contributed by atoms with Crippen LogP contribution >= 0.6 is 23.2 Å². The summed E-state index contributed by atoms with van der Waals surface area (Å²) < 4.78 is 61.0. The monoisotopic (exact) mass is 411 g/mol. The van der Waals surface area contributed by atoms with Crippen LogP contribution in [0.25, 0.3) is 0 Å². The molecule has 4 nitrogen and oxygen atoms in total. The fourth-order valence-electron chi connectivity index (χ4n) is 1.90. The highest BCUT2D eigenvalue weighted by Gasteiger charge is 2.47. The van der Waals surface area contributed by atoms with Gasteiger partial charge in [0.2, 0.25) is 0 Å². The molecule has 0 atom stereocenters. The van der Waals surface area contributed by atoms with Crippen molar-refractivity contribution in [3.63, 3.8) is 0 Å². The van der Waals surface area contributed by atoms with Gasteiger partial charge in [-0.2, -0.15) is 13.2 Å². The van der Waals surface area contributed by atoms with E-state index in [0.29, 0.717) is 10.6 Å². The maximum atomic E-state index is 12.7. The van der Waals surface area contributed by atoms with Crippen molar-refractivity contribution in [2.75, 3.05) is 5.32 Å². The summed E-state index contributed by atoms with van der Waals surface area (Å²) in [5, 5.41) is 2.70. The van der Waals surface area contributed by atoms with E-state index < -0.39 is 26.1 Å². The van der Waals surface area contributed by atoms with Gasteiger partial charge in [0, 0.05) is 10.7 Å². The maximum Gasteiger partial charge on any atom is 0.501 e. The number of carbonyl (C=O) groups excluding carboxylic acids is 1.